The van der Waals surface area contributed by atoms with Crippen molar-refractivity contribution in [2.24, 2.45) is 17.3 Å². The van der Waals surface area contributed by atoms with Crippen LogP contribution in [0.2, 0.25) is 0 Å². The number of rotatable bonds is 3. The molecule has 3 nitrogen and oxygen atoms in total. The highest BCUT2D eigenvalue weighted by molar-refractivity contribution is 5.23. The SMILES string of the molecule is CC[C@]1(C)CNC[C@H]1C1C=CC(OC)=C(O)C1. The molecule has 2 aliphatic rings. The molecule has 96 valence electrons. The quantitative estimate of drug-likeness (QED) is 0.793. The molecule has 1 heterocycles. The molecule has 1 aliphatic carbocycles. The standard InChI is InChI=1S/C14H23NO2/c1-4-14(2)9-15-8-11(14)10-5-6-13(17-3)12(16)7-10/h5-6,10-11,15-16H,4,7-9H2,1-3H3/t10?,11-,14+/m0/s1. The summed E-state index contributed by atoms with van der Waals surface area (Å²) in [6.45, 7) is 6.73. The van der Waals surface area contributed by atoms with Crippen molar-refractivity contribution < 1.29 is 9.84 Å². The lowest BCUT2D eigenvalue weighted by atomic mass is 9.69. The Balaban J connectivity index is 2.12. The van der Waals surface area contributed by atoms with Gasteiger partial charge in [-0.2, -0.15) is 0 Å². The van der Waals surface area contributed by atoms with Crippen LogP contribution in [0, 0.1) is 17.3 Å². The highest BCUT2D eigenvalue weighted by Gasteiger charge is 2.41. The normalized spacial score (nSPS) is 37.6. The summed E-state index contributed by atoms with van der Waals surface area (Å²) in [6, 6.07) is 0. The Labute approximate surface area is 104 Å². The zero-order valence-electron chi connectivity index (χ0n) is 11.0. The van der Waals surface area contributed by atoms with E-state index in [0.717, 1.165) is 13.1 Å². The monoisotopic (exact) mass is 237 g/mol. The molecule has 17 heavy (non-hydrogen) atoms. The number of aliphatic hydroxyl groups is 1. The zero-order valence-corrected chi connectivity index (χ0v) is 11.0. The van der Waals surface area contributed by atoms with Gasteiger partial charge in [0.15, 0.2) is 5.76 Å². The second-order valence-corrected chi connectivity index (χ2v) is 5.49. The Kier molecular flexibility index (Phi) is 3.48. The van der Waals surface area contributed by atoms with E-state index in [1.165, 1.54) is 6.42 Å². The van der Waals surface area contributed by atoms with Gasteiger partial charge in [0.1, 0.15) is 5.76 Å². The number of nitrogens with one attached hydrogen (secondary N) is 1. The van der Waals surface area contributed by atoms with Gasteiger partial charge in [-0.1, -0.05) is 19.9 Å². The predicted octanol–water partition coefficient (Wildman–Crippen LogP) is 2.61. The maximum absolute atomic E-state index is 9.93. The molecular formula is C14H23NO2. The molecule has 0 amide bonds. The molecule has 1 saturated heterocycles. The minimum Gasteiger partial charge on any atom is -0.508 e. The lowest BCUT2D eigenvalue weighted by molar-refractivity contribution is 0.174. The Morgan fingerprint density at radius 2 is 2.35 bits per heavy atom. The molecule has 0 aromatic rings. The number of allylic oxidation sites excluding steroid dienone is 3. The van der Waals surface area contributed by atoms with Crippen LogP contribution in [0.1, 0.15) is 26.7 Å². The summed E-state index contributed by atoms with van der Waals surface area (Å²) < 4.78 is 5.12. The van der Waals surface area contributed by atoms with Gasteiger partial charge in [-0.15, -0.1) is 0 Å². The smallest absolute Gasteiger partial charge is 0.155 e. The number of ether oxygens (including phenoxy) is 1. The number of aliphatic hydroxyl groups excluding tert-OH is 1. The third-order valence-electron chi connectivity index (χ3n) is 4.54. The number of methoxy groups -OCH3 is 1. The van der Waals surface area contributed by atoms with E-state index in [1.54, 1.807) is 7.11 Å². The zero-order chi connectivity index (χ0) is 12.5. The van der Waals surface area contributed by atoms with Crippen LogP contribution in [0.15, 0.2) is 23.7 Å². The fourth-order valence-corrected chi connectivity index (χ4v) is 3.11. The first-order valence-corrected chi connectivity index (χ1v) is 6.45. The van der Waals surface area contributed by atoms with Crippen molar-refractivity contribution in [1.29, 1.82) is 0 Å². The first-order chi connectivity index (χ1) is 8.10. The second-order valence-electron chi connectivity index (χ2n) is 5.49. The molecule has 3 atom stereocenters. The summed E-state index contributed by atoms with van der Waals surface area (Å²) >= 11 is 0. The van der Waals surface area contributed by atoms with E-state index in [9.17, 15) is 5.11 Å². The van der Waals surface area contributed by atoms with Crippen molar-refractivity contribution >= 4 is 0 Å². The highest BCUT2D eigenvalue weighted by Crippen LogP contribution is 2.42. The molecule has 1 aliphatic heterocycles. The summed E-state index contributed by atoms with van der Waals surface area (Å²) in [6.07, 6.45) is 6.00. The van der Waals surface area contributed by atoms with Crippen LogP contribution in [0.25, 0.3) is 0 Å². The first-order valence-electron chi connectivity index (χ1n) is 6.45. The van der Waals surface area contributed by atoms with E-state index < -0.39 is 0 Å². The van der Waals surface area contributed by atoms with Crippen molar-refractivity contribution in [2.45, 2.75) is 26.7 Å². The molecule has 0 spiro atoms. The molecular weight excluding hydrogens is 214 g/mol. The third kappa shape index (κ3) is 2.21. The molecule has 2 rings (SSSR count). The lowest BCUT2D eigenvalue weighted by Gasteiger charge is -2.35. The van der Waals surface area contributed by atoms with Crippen LogP contribution < -0.4 is 5.32 Å². The van der Waals surface area contributed by atoms with Gasteiger partial charge < -0.3 is 15.2 Å². The van der Waals surface area contributed by atoms with Gasteiger partial charge in [0, 0.05) is 13.0 Å². The fraction of sp³-hybridized carbons (Fsp3) is 0.714. The van der Waals surface area contributed by atoms with Crippen molar-refractivity contribution in [1.82, 2.24) is 5.32 Å². The van der Waals surface area contributed by atoms with Gasteiger partial charge in [-0.3, -0.25) is 0 Å². The predicted molar refractivity (Wildman–Crippen MR) is 68.7 cm³/mol. The average molecular weight is 237 g/mol. The van der Waals surface area contributed by atoms with Gasteiger partial charge >= 0.3 is 0 Å². The topological polar surface area (TPSA) is 41.5 Å². The molecule has 3 heteroatoms. The Hall–Kier alpha value is -0.960. The molecule has 0 aromatic carbocycles. The molecule has 2 N–H and O–H groups in total. The Morgan fingerprint density at radius 3 is 2.94 bits per heavy atom. The van der Waals surface area contributed by atoms with Gasteiger partial charge in [0.2, 0.25) is 0 Å². The maximum Gasteiger partial charge on any atom is 0.155 e. The van der Waals surface area contributed by atoms with Crippen LogP contribution in [0.3, 0.4) is 0 Å². The average Bonchev–Trinajstić information content (AvgIpc) is 2.72. The summed E-state index contributed by atoms with van der Waals surface area (Å²) in [5, 5.41) is 13.4. The van der Waals surface area contributed by atoms with E-state index in [2.05, 4.69) is 25.2 Å². The number of hydrogen-bond acceptors (Lipinski definition) is 3. The summed E-state index contributed by atoms with van der Waals surface area (Å²) in [5.74, 6) is 2.04. The van der Waals surface area contributed by atoms with Crippen molar-refractivity contribution in [3.05, 3.63) is 23.7 Å². The first kappa shape index (κ1) is 12.5. The van der Waals surface area contributed by atoms with E-state index in [-0.39, 0.29) is 0 Å². The van der Waals surface area contributed by atoms with Gasteiger partial charge in [0.25, 0.3) is 0 Å². The van der Waals surface area contributed by atoms with E-state index in [1.807, 2.05) is 6.08 Å². The van der Waals surface area contributed by atoms with E-state index >= 15 is 0 Å². The molecule has 1 fully saturated rings. The van der Waals surface area contributed by atoms with Crippen LogP contribution in [-0.2, 0) is 4.74 Å². The van der Waals surface area contributed by atoms with Crippen LogP contribution in [0.4, 0.5) is 0 Å². The van der Waals surface area contributed by atoms with Crippen LogP contribution in [-0.4, -0.2) is 25.3 Å². The van der Waals surface area contributed by atoms with Gasteiger partial charge in [-0.25, -0.2) is 0 Å². The van der Waals surface area contributed by atoms with Crippen molar-refractivity contribution in [2.75, 3.05) is 20.2 Å². The summed E-state index contributed by atoms with van der Waals surface area (Å²) in [5.41, 5.74) is 0.347. The van der Waals surface area contributed by atoms with Crippen molar-refractivity contribution in [3.63, 3.8) is 0 Å². The third-order valence-corrected chi connectivity index (χ3v) is 4.54. The molecule has 0 saturated carbocycles. The summed E-state index contributed by atoms with van der Waals surface area (Å²) in [7, 11) is 1.60. The van der Waals surface area contributed by atoms with E-state index in [4.69, 9.17) is 4.74 Å². The number of hydrogen-bond donors (Lipinski definition) is 2. The Bertz CT molecular complexity index is 348. The van der Waals surface area contributed by atoms with Crippen LogP contribution in [0.5, 0.6) is 0 Å². The maximum atomic E-state index is 9.93. The molecule has 0 aromatic heterocycles. The molecule has 1 unspecified atom stereocenters. The summed E-state index contributed by atoms with van der Waals surface area (Å²) in [4.78, 5) is 0. The van der Waals surface area contributed by atoms with Gasteiger partial charge in [-0.05, 0) is 36.3 Å². The molecule has 0 radical (unpaired) electrons. The van der Waals surface area contributed by atoms with E-state index in [0.29, 0.717) is 35.2 Å². The largest absolute Gasteiger partial charge is 0.508 e. The molecule has 0 bridgehead atoms. The highest BCUT2D eigenvalue weighted by atomic mass is 16.5. The fourth-order valence-electron chi connectivity index (χ4n) is 3.11. The second kappa shape index (κ2) is 4.73. The Morgan fingerprint density at radius 1 is 1.59 bits per heavy atom. The lowest BCUT2D eigenvalue weighted by Crippen LogP contribution is -2.31. The van der Waals surface area contributed by atoms with Crippen LogP contribution >= 0.6 is 0 Å². The van der Waals surface area contributed by atoms with Gasteiger partial charge in [0.05, 0.1) is 7.11 Å². The minimum atomic E-state index is 0.347. The van der Waals surface area contributed by atoms with Crippen molar-refractivity contribution in [3.8, 4) is 0 Å². The minimum absolute atomic E-state index is 0.347.